The van der Waals surface area contributed by atoms with Crippen LogP contribution >= 0.6 is 0 Å². The van der Waals surface area contributed by atoms with Gasteiger partial charge in [-0.2, -0.15) is 18.3 Å². The molecule has 2 amide bonds. The molecule has 3 aromatic carbocycles. The Balaban J connectivity index is 1.67. The number of alkyl halides is 3. The number of carbonyl (C=O) groups is 2. The van der Waals surface area contributed by atoms with E-state index in [-0.39, 0.29) is 25.3 Å². The lowest BCUT2D eigenvalue weighted by Gasteiger charge is -2.27. The van der Waals surface area contributed by atoms with E-state index in [4.69, 9.17) is 19.3 Å². The summed E-state index contributed by atoms with van der Waals surface area (Å²) in [6, 6.07) is 14.7. The first kappa shape index (κ1) is 31.6. The van der Waals surface area contributed by atoms with Crippen LogP contribution in [0.4, 0.5) is 13.2 Å². The second kappa shape index (κ2) is 13.3. The fraction of sp³-hybridized carbons (Fsp3) is 0.344. The van der Waals surface area contributed by atoms with Gasteiger partial charge in [-0.1, -0.05) is 18.2 Å². The predicted molar refractivity (Wildman–Crippen MR) is 155 cm³/mol. The standard InChI is InChI=1S/C32H34F3N3O5/c1-20-6-7-23(16-21(20)2)26-18-27(24-10-13-28(42-4)29(17-24)43-5)38(36-26)30(39)19-37(14-15-41-3)31(40)22-8-11-25(12-9-22)32(33,34)35/h6-13,16-17,27H,14-15,18-19H2,1-5H3/t27-/m0/s1. The summed E-state index contributed by atoms with van der Waals surface area (Å²) in [5, 5.41) is 6.09. The quantitative estimate of drug-likeness (QED) is 0.295. The molecule has 0 bridgehead atoms. The van der Waals surface area contributed by atoms with Gasteiger partial charge in [-0.05, 0) is 78.6 Å². The van der Waals surface area contributed by atoms with Gasteiger partial charge in [-0.3, -0.25) is 9.59 Å². The zero-order valence-electron chi connectivity index (χ0n) is 24.7. The van der Waals surface area contributed by atoms with Crippen molar-refractivity contribution in [3.05, 3.63) is 94.0 Å². The van der Waals surface area contributed by atoms with Gasteiger partial charge in [0.2, 0.25) is 0 Å². The van der Waals surface area contributed by atoms with Crippen LogP contribution in [0, 0.1) is 13.8 Å². The number of aryl methyl sites for hydroxylation is 2. The molecule has 4 rings (SSSR count). The predicted octanol–water partition coefficient (Wildman–Crippen LogP) is 5.81. The van der Waals surface area contributed by atoms with Gasteiger partial charge in [0.15, 0.2) is 11.5 Å². The summed E-state index contributed by atoms with van der Waals surface area (Å²) in [6.07, 6.45) is -4.12. The normalized spacial score (nSPS) is 14.8. The van der Waals surface area contributed by atoms with Crippen molar-refractivity contribution >= 4 is 17.5 Å². The first-order chi connectivity index (χ1) is 20.5. The van der Waals surface area contributed by atoms with Crippen molar-refractivity contribution in [2.45, 2.75) is 32.5 Å². The summed E-state index contributed by atoms with van der Waals surface area (Å²) < 4.78 is 55.2. The Bertz CT molecular complexity index is 1510. The molecular weight excluding hydrogens is 563 g/mol. The highest BCUT2D eigenvalue weighted by Crippen LogP contribution is 2.38. The Morgan fingerprint density at radius 1 is 0.930 bits per heavy atom. The highest BCUT2D eigenvalue weighted by molar-refractivity contribution is 6.04. The molecule has 3 aromatic rings. The lowest BCUT2D eigenvalue weighted by molar-refractivity contribution is -0.137. The lowest BCUT2D eigenvalue weighted by atomic mass is 9.96. The summed E-state index contributed by atoms with van der Waals surface area (Å²) in [6.45, 7) is 3.82. The summed E-state index contributed by atoms with van der Waals surface area (Å²) in [4.78, 5) is 28.5. The molecule has 1 aliphatic rings. The van der Waals surface area contributed by atoms with Crippen LogP contribution < -0.4 is 9.47 Å². The van der Waals surface area contributed by atoms with E-state index in [1.807, 2.05) is 38.1 Å². The average molecular weight is 598 g/mol. The molecule has 1 atom stereocenters. The maximum absolute atomic E-state index is 13.9. The SMILES string of the molecule is COCCN(CC(=O)N1N=C(c2ccc(C)c(C)c2)C[C@H]1c1ccc(OC)c(OC)c1)C(=O)c1ccc(C(F)(F)F)cc1. The minimum absolute atomic E-state index is 0.0223. The third-order valence-corrected chi connectivity index (χ3v) is 7.44. The van der Waals surface area contributed by atoms with Crippen LogP contribution in [-0.2, 0) is 15.7 Å². The van der Waals surface area contributed by atoms with Crippen LogP contribution in [0.3, 0.4) is 0 Å². The minimum Gasteiger partial charge on any atom is -0.493 e. The smallest absolute Gasteiger partial charge is 0.416 e. The first-order valence-electron chi connectivity index (χ1n) is 13.6. The molecule has 0 spiro atoms. The minimum atomic E-state index is -4.53. The van der Waals surface area contributed by atoms with Gasteiger partial charge in [0, 0.05) is 25.6 Å². The molecule has 0 aliphatic carbocycles. The number of hydrazone groups is 1. The van der Waals surface area contributed by atoms with Gasteiger partial charge in [0.05, 0.1) is 38.1 Å². The third-order valence-electron chi connectivity index (χ3n) is 7.44. The van der Waals surface area contributed by atoms with E-state index in [2.05, 4.69) is 0 Å². The third kappa shape index (κ3) is 7.16. The molecule has 0 unspecified atom stereocenters. The van der Waals surface area contributed by atoms with Crippen LogP contribution in [0.1, 0.15) is 50.6 Å². The number of hydrogen-bond acceptors (Lipinski definition) is 6. The maximum Gasteiger partial charge on any atom is 0.416 e. The number of ether oxygens (including phenoxy) is 3. The van der Waals surface area contributed by atoms with Crippen molar-refractivity contribution in [2.24, 2.45) is 5.10 Å². The van der Waals surface area contributed by atoms with Crippen molar-refractivity contribution in [1.29, 1.82) is 0 Å². The van der Waals surface area contributed by atoms with Gasteiger partial charge in [0.25, 0.3) is 11.8 Å². The Morgan fingerprint density at radius 3 is 2.23 bits per heavy atom. The number of rotatable bonds is 10. The Labute approximate surface area is 248 Å². The highest BCUT2D eigenvalue weighted by atomic mass is 19.4. The molecule has 0 saturated heterocycles. The first-order valence-corrected chi connectivity index (χ1v) is 13.6. The van der Waals surface area contributed by atoms with Crippen molar-refractivity contribution < 1.29 is 37.0 Å². The molecule has 1 heterocycles. The molecule has 1 aliphatic heterocycles. The van der Waals surface area contributed by atoms with Crippen molar-refractivity contribution in [2.75, 3.05) is 41.0 Å². The van der Waals surface area contributed by atoms with Crippen LogP contribution in [0.2, 0.25) is 0 Å². The monoisotopic (exact) mass is 597 g/mol. The Kier molecular flexibility index (Phi) is 9.75. The van der Waals surface area contributed by atoms with Crippen LogP contribution in [-0.4, -0.2) is 68.5 Å². The molecule has 0 saturated carbocycles. The summed E-state index contributed by atoms with van der Waals surface area (Å²) >= 11 is 0. The van der Waals surface area contributed by atoms with Crippen molar-refractivity contribution in [3.8, 4) is 11.5 Å². The van der Waals surface area contributed by atoms with E-state index < -0.39 is 29.6 Å². The molecule has 8 nitrogen and oxygen atoms in total. The van der Waals surface area contributed by atoms with Gasteiger partial charge in [-0.15, -0.1) is 0 Å². The summed E-state index contributed by atoms with van der Waals surface area (Å²) in [7, 11) is 4.51. The van der Waals surface area contributed by atoms with Crippen LogP contribution in [0.5, 0.6) is 11.5 Å². The molecule has 228 valence electrons. The molecule has 0 fully saturated rings. The lowest BCUT2D eigenvalue weighted by Crippen LogP contribution is -2.42. The molecule has 0 radical (unpaired) electrons. The summed E-state index contributed by atoms with van der Waals surface area (Å²) in [5.74, 6) is -0.0362. The zero-order chi connectivity index (χ0) is 31.3. The second-order valence-corrected chi connectivity index (χ2v) is 10.2. The van der Waals surface area contributed by atoms with E-state index in [9.17, 15) is 22.8 Å². The number of methoxy groups -OCH3 is 3. The number of amides is 2. The van der Waals surface area contributed by atoms with Crippen molar-refractivity contribution in [1.82, 2.24) is 9.91 Å². The number of nitrogens with zero attached hydrogens (tertiary/aromatic N) is 3. The second-order valence-electron chi connectivity index (χ2n) is 10.2. The fourth-order valence-electron chi connectivity index (χ4n) is 4.83. The van der Waals surface area contributed by atoms with E-state index in [0.717, 1.165) is 46.5 Å². The number of hydrogen-bond donors (Lipinski definition) is 0. The van der Waals surface area contributed by atoms with E-state index >= 15 is 0 Å². The van der Waals surface area contributed by atoms with Gasteiger partial charge < -0.3 is 19.1 Å². The topological polar surface area (TPSA) is 80.7 Å². The number of carbonyl (C=O) groups excluding carboxylic acids is 2. The largest absolute Gasteiger partial charge is 0.493 e. The van der Waals surface area contributed by atoms with Gasteiger partial charge >= 0.3 is 6.18 Å². The van der Waals surface area contributed by atoms with E-state index in [1.165, 1.54) is 31.2 Å². The van der Waals surface area contributed by atoms with Crippen LogP contribution in [0.15, 0.2) is 65.8 Å². The number of halogens is 3. The average Bonchev–Trinajstić information content (AvgIpc) is 3.45. The molecular formula is C32H34F3N3O5. The van der Waals surface area contributed by atoms with Gasteiger partial charge in [-0.25, -0.2) is 5.01 Å². The highest BCUT2D eigenvalue weighted by Gasteiger charge is 2.35. The molecule has 0 aromatic heterocycles. The van der Waals surface area contributed by atoms with E-state index in [0.29, 0.717) is 23.6 Å². The maximum atomic E-state index is 13.9. The Hall–Kier alpha value is -4.38. The molecule has 0 N–H and O–H groups in total. The molecule has 11 heteroatoms. The van der Waals surface area contributed by atoms with Gasteiger partial charge in [0.1, 0.15) is 6.54 Å². The Morgan fingerprint density at radius 2 is 1.63 bits per heavy atom. The zero-order valence-corrected chi connectivity index (χ0v) is 24.7. The number of benzene rings is 3. The summed E-state index contributed by atoms with van der Waals surface area (Å²) in [5.41, 5.74) is 3.70. The fourth-order valence-corrected chi connectivity index (χ4v) is 4.83. The molecule has 43 heavy (non-hydrogen) atoms. The van der Waals surface area contributed by atoms with E-state index in [1.54, 1.807) is 12.1 Å². The van der Waals surface area contributed by atoms with Crippen molar-refractivity contribution in [3.63, 3.8) is 0 Å². The van der Waals surface area contributed by atoms with Crippen LogP contribution in [0.25, 0.3) is 0 Å².